The number of carbonyl (C=O) groups is 3. The number of aliphatic carboxylic acids is 2. The standard InChI is InChI=1S/C15H19NO3.C7H13NO2/c1-11-7-8-16(13(9-11)15(18)19)10-14(17)12-5-3-2-4-6-12;1-5-2-3-8-6(4-5)7(9)10/h2-6,11,13H,7-10H2,1H3,(H,18,19);5-6,8H,2-4H2,1H3,(H,9,10)/t11-,13+;5-,6+/m11/s1. The third kappa shape index (κ3) is 7.25. The summed E-state index contributed by atoms with van der Waals surface area (Å²) in [5.74, 6) is -0.591. The first-order valence-corrected chi connectivity index (χ1v) is 10.3. The molecule has 4 atom stereocenters. The Morgan fingerprint density at radius 1 is 1.00 bits per heavy atom. The molecule has 160 valence electrons. The van der Waals surface area contributed by atoms with E-state index in [0.717, 1.165) is 25.8 Å². The smallest absolute Gasteiger partial charge is 0.320 e. The van der Waals surface area contributed by atoms with Gasteiger partial charge < -0.3 is 15.5 Å². The lowest BCUT2D eigenvalue weighted by atomic mass is 9.92. The van der Waals surface area contributed by atoms with Gasteiger partial charge in [0.05, 0.1) is 6.54 Å². The van der Waals surface area contributed by atoms with Crippen molar-refractivity contribution in [3.8, 4) is 0 Å². The zero-order valence-corrected chi connectivity index (χ0v) is 17.2. The highest BCUT2D eigenvalue weighted by molar-refractivity contribution is 5.97. The minimum atomic E-state index is -0.826. The summed E-state index contributed by atoms with van der Waals surface area (Å²) in [6.45, 7) is 5.87. The van der Waals surface area contributed by atoms with Gasteiger partial charge in [0.15, 0.2) is 5.78 Å². The molecular formula is C22H32N2O5. The van der Waals surface area contributed by atoms with Gasteiger partial charge in [0.25, 0.3) is 0 Å². The first kappa shape index (κ1) is 23.0. The molecule has 0 amide bonds. The van der Waals surface area contributed by atoms with E-state index < -0.39 is 18.0 Å². The average molecular weight is 405 g/mol. The van der Waals surface area contributed by atoms with E-state index in [9.17, 15) is 19.5 Å². The highest BCUT2D eigenvalue weighted by atomic mass is 16.4. The summed E-state index contributed by atoms with van der Waals surface area (Å²) in [5.41, 5.74) is 0.644. The molecular weight excluding hydrogens is 372 g/mol. The molecule has 0 unspecified atom stereocenters. The van der Waals surface area contributed by atoms with Crippen LogP contribution in [0, 0.1) is 11.8 Å². The second-order valence-electron chi connectivity index (χ2n) is 8.22. The van der Waals surface area contributed by atoms with E-state index in [0.29, 0.717) is 30.4 Å². The van der Waals surface area contributed by atoms with Crippen LogP contribution in [0.3, 0.4) is 0 Å². The second-order valence-corrected chi connectivity index (χ2v) is 8.22. The Kier molecular flexibility index (Phi) is 8.79. The SMILES string of the molecule is C[C@@H]1CCN(CC(=O)c2ccccc2)[C@H](C(=O)O)C1.C[C@@H]1CCN[C@H](C(=O)O)C1. The monoisotopic (exact) mass is 404 g/mol. The fourth-order valence-electron chi connectivity index (χ4n) is 3.83. The molecule has 2 saturated heterocycles. The number of hydrogen-bond acceptors (Lipinski definition) is 5. The van der Waals surface area contributed by atoms with Crippen molar-refractivity contribution < 1.29 is 24.6 Å². The van der Waals surface area contributed by atoms with Crippen LogP contribution in [0.2, 0.25) is 0 Å². The van der Waals surface area contributed by atoms with E-state index in [4.69, 9.17) is 5.11 Å². The number of hydrogen-bond donors (Lipinski definition) is 3. The predicted molar refractivity (Wildman–Crippen MR) is 110 cm³/mol. The summed E-state index contributed by atoms with van der Waals surface area (Å²) in [6, 6.07) is 8.20. The van der Waals surface area contributed by atoms with Gasteiger partial charge in [-0.3, -0.25) is 19.3 Å². The maximum absolute atomic E-state index is 12.1. The number of rotatable bonds is 5. The van der Waals surface area contributed by atoms with Crippen LogP contribution < -0.4 is 5.32 Å². The highest BCUT2D eigenvalue weighted by Crippen LogP contribution is 2.23. The molecule has 29 heavy (non-hydrogen) atoms. The van der Waals surface area contributed by atoms with Crippen molar-refractivity contribution in [1.82, 2.24) is 10.2 Å². The molecule has 0 radical (unpaired) electrons. The van der Waals surface area contributed by atoms with Crippen LogP contribution in [0.25, 0.3) is 0 Å². The third-order valence-corrected chi connectivity index (χ3v) is 5.67. The highest BCUT2D eigenvalue weighted by Gasteiger charge is 2.32. The number of Topliss-reactive ketones (excluding diaryl/α,β-unsaturated/α-hetero) is 1. The number of piperidine rings is 2. The molecule has 2 aliphatic rings. The van der Waals surface area contributed by atoms with Gasteiger partial charge in [-0.15, -0.1) is 0 Å². The number of benzene rings is 1. The molecule has 2 aliphatic heterocycles. The fraction of sp³-hybridized carbons (Fsp3) is 0.591. The zero-order chi connectivity index (χ0) is 21.4. The Morgan fingerprint density at radius 3 is 2.21 bits per heavy atom. The van der Waals surface area contributed by atoms with Gasteiger partial charge in [0.1, 0.15) is 12.1 Å². The summed E-state index contributed by atoms with van der Waals surface area (Å²) >= 11 is 0. The molecule has 2 heterocycles. The lowest BCUT2D eigenvalue weighted by Gasteiger charge is -2.35. The normalized spacial score (nSPS) is 27.4. The van der Waals surface area contributed by atoms with E-state index >= 15 is 0 Å². The van der Waals surface area contributed by atoms with Crippen LogP contribution in [-0.2, 0) is 9.59 Å². The van der Waals surface area contributed by atoms with Crippen molar-refractivity contribution in [2.24, 2.45) is 11.8 Å². The Labute approximate surface area is 172 Å². The van der Waals surface area contributed by atoms with E-state index in [-0.39, 0.29) is 18.4 Å². The maximum Gasteiger partial charge on any atom is 0.320 e. The van der Waals surface area contributed by atoms with Gasteiger partial charge in [0.2, 0.25) is 0 Å². The molecule has 0 bridgehead atoms. The molecule has 7 heteroatoms. The van der Waals surface area contributed by atoms with Crippen LogP contribution in [-0.4, -0.2) is 64.6 Å². The summed E-state index contributed by atoms with van der Waals surface area (Å²) in [6.07, 6.45) is 3.45. The van der Waals surface area contributed by atoms with Crippen molar-refractivity contribution in [3.63, 3.8) is 0 Å². The molecule has 0 spiro atoms. The minimum Gasteiger partial charge on any atom is -0.480 e. The van der Waals surface area contributed by atoms with Crippen molar-refractivity contribution in [1.29, 1.82) is 0 Å². The summed E-state index contributed by atoms with van der Waals surface area (Å²) in [7, 11) is 0. The maximum atomic E-state index is 12.1. The lowest BCUT2D eigenvalue weighted by Crippen LogP contribution is -2.48. The number of nitrogens with zero attached hydrogens (tertiary/aromatic N) is 1. The Balaban J connectivity index is 0.000000253. The van der Waals surface area contributed by atoms with E-state index in [1.807, 2.05) is 18.2 Å². The Morgan fingerprint density at radius 2 is 1.66 bits per heavy atom. The number of carboxylic acids is 2. The number of carbonyl (C=O) groups excluding carboxylic acids is 1. The summed E-state index contributed by atoms with van der Waals surface area (Å²) in [4.78, 5) is 35.6. The molecule has 0 aliphatic carbocycles. The van der Waals surface area contributed by atoms with E-state index in [1.165, 1.54) is 0 Å². The zero-order valence-electron chi connectivity index (χ0n) is 17.2. The first-order chi connectivity index (χ1) is 13.8. The van der Waals surface area contributed by atoms with Gasteiger partial charge in [0, 0.05) is 5.56 Å². The molecule has 3 rings (SSSR count). The quantitative estimate of drug-likeness (QED) is 0.647. The minimum absolute atomic E-state index is 0.0126. The van der Waals surface area contributed by atoms with Crippen LogP contribution in [0.1, 0.15) is 49.9 Å². The van der Waals surface area contributed by atoms with Gasteiger partial charge in [-0.25, -0.2) is 0 Å². The topological polar surface area (TPSA) is 107 Å². The summed E-state index contributed by atoms with van der Waals surface area (Å²) < 4.78 is 0. The number of carboxylic acid groups (broad SMARTS) is 2. The molecule has 0 aromatic heterocycles. The molecule has 7 nitrogen and oxygen atoms in total. The third-order valence-electron chi connectivity index (χ3n) is 5.67. The average Bonchev–Trinajstić information content (AvgIpc) is 2.70. The first-order valence-electron chi connectivity index (χ1n) is 10.3. The largest absolute Gasteiger partial charge is 0.480 e. The van der Waals surface area contributed by atoms with Gasteiger partial charge in [-0.1, -0.05) is 44.2 Å². The Bertz CT molecular complexity index is 694. The molecule has 2 fully saturated rings. The van der Waals surface area contributed by atoms with Crippen LogP contribution in [0.15, 0.2) is 30.3 Å². The van der Waals surface area contributed by atoms with Crippen molar-refractivity contribution >= 4 is 17.7 Å². The van der Waals surface area contributed by atoms with Gasteiger partial charge >= 0.3 is 11.9 Å². The molecule has 0 saturated carbocycles. The van der Waals surface area contributed by atoms with Crippen LogP contribution in [0.5, 0.6) is 0 Å². The van der Waals surface area contributed by atoms with Crippen molar-refractivity contribution in [3.05, 3.63) is 35.9 Å². The molecule has 3 N–H and O–H groups in total. The Hall–Kier alpha value is -2.25. The van der Waals surface area contributed by atoms with Gasteiger partial charge in [-0.05, 0) is 50.6 Å². The van der Waals surface area contributed by atoms with Crippen LogP contribution >= 0.6 is 0 Å². The van der Waals surface area contributed by atoms with E-state index in [2.05, 4.69) is 19.2 Å². The van der Waals surface area contributed by atoms with Crippen LogP contribution in [0.4, 0.5) is 0 Å². The fourth-order valence-corrected chi connectivity index (χ4v) is 3.83. The number of nitrogens with one attached hydrogen (secondary N) is 1. The second kappa shape index (κ2) is 11.1. The van der Waals surface area contributed by atoms with Crippen molar-refractivity contribution in [2.45, 2.75) is 51.6 Å². The summed E-state index contributed by atoms with van der Waals surface area (Å²) in [5, 5.41) is 20.8. The number of likely N-dealkylation sites (tertiary alicyclic amines) is 1. The van der Waals surface area contributed by atoms with Crippen molar-refractivity contribution in [2.75, 3.05) is 19.6 Å². The molecule has 1 aromatic carbocycles. The number of ketones is 1. The van der Waals surface area contributed by atoms with Gasteiger partial charge in [-0.2, -0.15) is 0 Å². The molecule has 1 aromatic rings. The lowest BCUT2D eigenvalue weighted by molar-refractivity contribution is -0.145. The van der Waals surface area contributed by atoms with E-state index in [1.54, 1.807) is 17.0 Å². The predicted octanol–water partition coefficient (Wildman–Crippen LogP) is 2.51.